The third kappa shape index (κ3) is 3.35. The summed E-state index contributed by atoms with van der Waals surface area (Å²) in [5.74, 6) is 0.905. The van der Waals surface area contributed by atoms with E-state index >= 15 is 0 Å². The summed E-state index contributed by atoms with van der Waals surface area (Å²) in [4.78, 5) is 12.3. The number of amides is 1. The van der Waals surface area contributed by atoms with Crippen LogP contribution >= 0.6 is 0 Å². The largest absolute Gasteiger partial charge is 0.451 e. The minimum Gasteiger partial charge on any atom is -0.451 e. The highest BCUT2D eigenvalue weighted by atomic mass is 16.3. The summed E-state index contributed by atoms with van der Waals surface area (Å²) in [6.45, 7) is 2.34. The van der Waals surface area contributed by atoms with Gasteiger partial charge in [0.25, 0.3) is 5.91 Å². The third-order valence-electron chi connectivity index (χ3n) is 4.53. The molecular weight excluding hydrogens is 312 g/mol. The number of hydrogen-bond donors (Lipinski definition) is 2. The van der Waals surface area contributed by atoms with E-state index in [2.05, 4.69) is 22.8 Å². The molecule has 1 aliphatic heterocycles. The minimum atomic E-state index is -0.193. The highest BCUT2D eigenvalue weighted by molar-refractivity contribution is 5.92. The fourth-order valence-corrected chi connectivity index (χ4v) is 3.23. The Balaban J connectivity index is 1.51. The number of nitrogens with one attached hydrogen (secondary N) is 2. The van der Waals surface area contributed by atoms with E-state index in [1.165, 1.54) is 11.1 Å². The van der Waals surface area contributed by atoms with Crippen molar-refractivity contribution in [3.05, 3.63) is 83.1 Å². The second kappa shape index (κ2) is 6.95. The molecule has 0 saturated heterocycles. The molecule has 1 aliphatic rings. The Morgan fingerprint density at radius 2 is 1.92 bits per heavy atom. The Kier molecular flexibility index (Phi) is 4.36. The van der Waals surface area contributed by atoms with E-state index in [9.17, 15) is 4.79 Å². The predicted molar refractivity (Wildman–Crippen MR) is 97.2 cm³/mol. The van der Waals surface area contributed by atoms with E-state index in [0.29, 0.717) is 12.3 Å². The fourth-order valence-electron chi connectivity index (χ4n) is 3.23. The van der Waals surface area contributed by atoms with Gasteiger partial charge in [-0.3, -0.25) is 4.79 Å². The van der Waals surface area contributed by atoms with Gasteiger partial charge in [0.2, 0.25) is 0 Å². The van der Waals surface area contributed by atoms with Gasteiger partial charge in [-0.05, 0) is 41.8 Å². The van der Waals surface area contributed by atoms with Crippen LogP contribution in [0.25, 0.3) is 11.3 Å². The zero-order valence-electron chi connectivity index (χ0n) is 13.9. The van der Waals surface area contributed by atoms with E-state index in [4.69, 9.17) is 4.42 Å². The molecule has 0 saturated carbocycles. The topological polar surface area (TPSA) is 54.3 Å². The summed E-state index contributed by atoms with van der Waals surface area (Å²) >= 11 is 0. The Bertz CT molecular complexity index is 884. The molecule has 0 aliphatic carbocycles. The van der Waals surface area contributed by atoms with Crippen molar-refractivity contribution < 1.29 is 9.21 Å². The smallest absolute Gasteiger partial charge is 0.287 e. The molecule has 3 aromatic rings. The standard InChI is InChI=1S/C21H20N2O2/c24-21(23-13-15-5-2-1-3-6-15)20-10-9-19(25-20)18-8-4-7-16-14-22-12-11-17(16)18/h1-10,22H,11-14H2,(H,23,24). The summed E-state index contributed by atoms with van der Waals surface area (Å²) in [6.07, 6.45) is 0.974. The molecule has 0 spiro atoms. The molecule has 0 fully saturated rings. The van der Waals surface area contributed by atoms with Crippen LogP contribution < -0.4 is 10.6 Å². The van der Waals surface area contributed by atoms with Crippen molar-refractivity contribution in [2.75, 3.05) is 6.54 Å². The lowest BCUT2D eigenvalue weighted by molar-refractivity contribution is 0.0924. The first kappa shape index (κ1) is 15.7. The molecule has 4 nitrogen and oxygen atoms in total. The normalized spacial score (nSPS) is 13.3. The molecule has 1 amide bonds. The van der Waals surface area contributed by atoms with Crippen molar-refractivity contribution in [2.24, 2.45) is 0 Å². The lowest BCUT2D eigenvalue weighted by Crippen LogP contribution is -2.24. The lowest BCUT2D eigenvalue weighted by atomic mass is 9.94. The van der Waals surface area contributed by atoms with Crippen molar-refractivity contribution in [2.45, 2.75) is 19.5 Å². The summed E-state index contributed by atoms with van der Waals surface area (Å²) in [5.41, 5.74) is 4.76. The Hall–Kier alpha value is -2.85. The third-order valence-corrected chi connectivity index (χ3v) is 4.53. The van der Waals surface area contributed by atoms with Gasteiger partial charge in [0.05, 0.1) is 0 Å². The maximum absolute atomic E-state index is 12.3. The van der Waals surface area contributed by atoms with Crippen molar-refractivity contribution in [1.29, 1.82) is 0 Å². The van der Waals surface area contributed by atoms with Crippen molar-refractivity contribution >= 4 is 5.91 Å². The first-order valence-electron chi connectivity index (χ1n) is 8.55. The zero-order valence-corrected chi connectivity index (χ0v) is 13.9. The predicted octanol–water partition coefficient (Wildman–Crippen LogP) is 3.52. The first-order valence-corrected chi connectivity index (χ1v) is 8.55. The van der Waals surface area contributed by atoms with Crippen molar-refractivity contribution in [3.63, 3.8) is 0 Å². The maximum atomic E-state index is 12.3. The Morgan fingerprint density at radius 3 is 2.80 bits per heavy atom. The van der Waals surface area contributed by atoms with Gasteiger partial charge in [0.1, 0.15) is 5.76 Å². The highest BCUT2D eigenvalue weighted by Gasteiger charge is 2.17. The van der Waals surface area contributed by atoms with Crippen LogP contribution in [0.5, 0.6) is 0 Å². The second-order valence-electron chi connectivity index (χ2n) is 6.20. The second-order valence-corrected chi connectivity index (χ2v) is 6.20. The van der Waals surface area contributed by atoms with Crippen LogP contribution in [-0.4, -0.2) is 12.5 Å². The van der Waals surface area contributed by atoms with Gasteiger partial charge in [0.15, 0.2) is 5.76 Å². The SMILES string of the molecule is O=C(NCc1ccccc1)c1ccc(-c2cccc3c2CCNC3)o1. The van der Waals surface area contributed by atoms with E-state index < -0.39 is 0 Å². The molecule has 25 heavy (non-hydrogen) atoms. The first-order chi connectivity index (χ1) is 12.3. The average molecular weight is 332 g/mol. The van der Waals surface area contributed by atoms with E-state index in [1.807, 2.05) is 42.5 Å². The van der Waals surface area contributed by atoms with Crippen LogP contribution in [0.2, 0.25) is 0 Å². The van der Waals surface area contributed by atoms with Crippen LogP contribution in [0.1, 0.15) is 27.2 Å². The lowest BCUT2D eigenvalue weighted by Gasteiger charge is -2.19. The monoisotopic (exact) mass is 332 g/mol. The molecule has 2 heterocycles. The number of rotatable bonds is 4. The van der Waals surface area contributed by atoms with Crippen LogP contribution in [0.4, 0.5) is 0 Å². The number of furan rings is 1. The van der Waals surface area contributed by atoms with Gasteiger partial charge in [0, 0.05) is 18.7 Å². The Labute approximate surface area is 146 Å². The van der Waals surface area contributed by atoms with E-state index in [-0.39, 0.29) is 5.91 Å². The number of hydrogen-bond acceptors (Lipinski definition) is 3. The van der Waals surface area contributed by atoms with Crippen LogP contribution in [0, 0.1) is 0 Å². The van der Waals surface area contributed by atoms with Gasteiger partial charge in [-0.2, -0.15) is 0 Å². The number of carbonyl (C=O) groups excluding carboxylic acids is 1. The molecule has 1 aromatic heterocycles. The molecule has 2 aromatic carbocycles. The molecule has 0 atom stereocenters. The molecule has 2 N–H and O–H groups in total. The van der Waals surface area contributed by atoms with Crippen LogP contribution in [-0.2, 0) is 19.5 Å². The van der Waals surface area contributed by atoms with E-state index in [0.717, 1.165) is 36.4 Å². The highest BCUT2D eigenvalue weighted by Crippen LogP contribution is 2.29. The summed E-state index contributed by atoms with van der Waals surface area (Å²) in [7, 11) is 0. The van der Waals surface area contributed by atoms with Gasteiger partial charge in [-0.25, -0.2) is 0 Å². The number of fused-ring (bicyclic) bond motifs is 1. The summed E-state index contributed by atoms with van der Waals surface area (Å²) < 4.78 is 5.85. The van der Waals surface area contributed by atoms with Crippen LogP contribution in [0.15, 0.2) is 65.1 Å². The number of carbonyl (C=O) groups is 1. The van der Waals surface area contributed by atoms with Crippen LogP contribution in [0.3, 0.4) is 0 Å². The molecule has 0 unspecified atom stereocenters. The molecular formula is C21H20N2O2. The molecule has 0 bridgehead atoms. The molecule has 4 heteroatoms. The van der Waals surface area contributed by atoms with Gasteiger partial charge in [-0.15, -0.1) is 0 Å². The quantitative estimate of drug-likeness (QED) is 0.768. The zero-order chi connectivity index (χ0) is 17.1. The minimum absolute atomic E-state index is 0.193. The molecule has 4 rings (SSSR count). The van der Waals surface area contributed by atoms with Gasteiger partial charge < -0.3 is 15.1 Å². The van der Waals surface area contributed by atoms with Gasteiger partial charge in [-0.1, -0.05) is 48.5 Å². The Morgan fingerprint density at radius 1 is 1.04 bits per heavy atom. The summed E-state index contributed by atoms with van der Waals surface area (Å²) in [6, 6.07) is 19.7. The maximum Gasteiger partial charge on any atom is 0.287 e. The van der Waals surface area contributed by atoms with E-state index in [1.54, 1.807) is 6.07 Å². The van der Waals surface area contributed by atoms with Crippen molar-refractivity contribution in [1.82, 2.24) is 10.6 Å². The molecule has 0 radical (unpaired) electrons. The molecule has 126 valence electrons. The fraction of sp³-hybridized carbons (Fsp3) is 0.190. The summed E-state index contributed by atoms with van der Waals surface area (Å²) in [5, 5.41) is 6.28. The number of benzene rings is 2. The van der Waals surface area contributed by atoms with Gasteiger partial charge >= 0.3 is 0 Å². The average Bonchev–Trinajstić information content (AvgIpc) is 3.16. The van der Waals surface area contributed by atoms with Crippen molar-refractivity contribution in [3.8, 4) is 11.3 Å².